The summed E-state index contributed by atoms with van der Waals surface area (Å²) in [6.45, 7) is 0. The molecule has 1 heterocycles. The van der Waals surface area contributed by atoms with Gasteiger partial charge in [0.05, 0.1) is 11.6 Å². The zero-order valence-corrected chi connectivity index (χ0v) is 10.1. The van der Waals surface area contributed by atoms with Crippen LogP contribution in [0.3, 0.4) is 0 Å². The maximum absolute atomic E-state index is 12.5. The Morgan fingerprint density at radius 3 is 2.11 bits per heavy atom. The molecular weight excluding hydrogens is 255 g/mol. The van der Waals surface area contributed by atoms with Gasteiger partial charge in [-0.2, -0.15) is 13.2 Å². The summed E-state index contributed by atoms with van der Waals surface area (Å²) < 4.78 is 37.5. The second kappa shape index (κ2) is 5.36. The minimum absolute atomic E-state index is 0.330. The topological polar surface area (TPSA) is 37.8 Å². The Labute approximate surface area is 108 Å². The molecule has 2 rings (SSSR count). The van der Waals surface area contributed by atoms with Gasteiger partial charge in [-0.25, -0.2) is 9.97 Å². The summed E-state index contributed by atoms with van der Waals surface area (Å²) in [4.78, 5) is 8.20. The third-order valence-electron chi connectivity index (χ3n) is 2.70. The largest absolute Gasteiger partial charge is 0.416 e. The Hall–Kier alpha value is -1.95. The Balaban J connectivity index is 2.30. The SMILES string of the molecule is CNC(c1ccc(C(F)(F)F)cc1)c1ncccn1. The molecule has 0 fully saturated rings. The van der Waals surface area contributed by atoms with Crippen molar-refractivity contribution in [3.63, 3.8) is 0 Å². The van der Waals surface area contributed by atoms with Crippen molar-refractivity contribution in [2.75, 3.05) is 7.05 Å². The Kier molecular flexibility index (Phi) is 3.80. The number of nitrogens with zero attached hydrogens (tertiary/aromatic N) is 2. The maximum Gasteiger partial charge on any atom is 0.416 e. The van der Waals surface area contributed by atoms with Gasteiger partial charge in [0.25, 0.3) is 0 Å². The van der Waals surface area contributed by atoms with Crippen LogP contribution in [0.25, 0.3) is 0 Å². The van der Waals surface area contributed by atoms with Gasteiger partial charge in [-0.1, -0.05) is 12.1 Å². The van der Waals surface area contributed by atoms with Crippen molar-refractivity contribution in [1.29, 1.82) is 0 Å². The molecule has 0 spiro atoms. The quantitative estimate of drug-likeness (QED) is 0.929. The number of benzene rings is 1. The minimum Gasteiger partial charge on any atom is -0.307 e. The van der Waals surface area contributed by atoms with E-state index in [2.05, 4.69) is 15.3 Å². The smallest absolute Gasteiger partial charge is 0.307 e. The second-order valence-corrected chi connectivity index (χ2v) is 3.95. The lowest BCUT2D eigenvalue weighted by Crippen LogP contribution is -2.20. The van der Waals surface area contributed by atoms with Crippen LogP contribution in [0.2, 0.25) is 0 Å². The molecule has 2 aromatic rings. The van der Waals surface area contributed by atoms with Crippen LogP contribution in [0.4, 0.5) is 13.2 Å². The van der Waals surface area contributed by atoms with E-state index in [9.17, 15) is 13.2 Å². The number of alkyl halides is 3. The Morgan fingerprint density at radius 1 is 1.05 bits per heavy atom. The van der Waals surface area contributed by atoms with E-state index in [1.54, 1.807) is 25.5 Å². The van der Waals surface area contributed by atoms with Crippen molar-refractivity contribution in [2.45, 2.75) is 12.2 Å². The highest BCUT2D eigenvalue weighted by atomic mass is 19.4. The molecule has 0 bridgehead atoms. The predicted molar refractivity (Wildman–Crippen MR) is 64.4 cm³/mol. The third kappa shape index (κ3) is 3.08. The average Bonchev–Trinajstić information content (AvgIpc) is 2.40. The van der Waals surface area contributed by atoms with E-state index in [1.165, 1.54) is 12.1 Å². The Morgan fingerprint density at radius 2 is 1.63 bits per heavy atom. The van der Waals surface area contributed by atoms with Crippen LogP contribution in [0.5, 0.6) is 0 Å². The summed E-state index contributed by atoms with van der Waals surface area (Å²) >= 11 is 0. The molecule has 0 saturated heterocycles. The summed E-state index contributed by atoms with van der Waals surface area (Å²) in [7, 11) is 1.71. The van der Waals surface area contributed by atoms with Gasteiger partial charge in [0, 0.05) is 12.4 Å². The first-order valence-electron chi connectivity index (χ1n) is 5.63. The van der Waals surface area contributed by atoms with Gasteiger partial charge in [0.1, 0.15) is 5.82 Å². The van der Waals surface area contributed by atoms with Crippen molar-refractivity contribution in [3.05, 3.63) is 59.7 Å². The molecule has 1 unspecified atom stereocenters. The van der Waals surface area contributed by atoms with E-state index in [0.29, 0.717) is 11.4 Å². The average molecular weight is 267 g/mol. The van der Waals surface area contributed by atoms with E-state index < -0.39 is 11.7 Å². The van der Waals surface area contributed by atoms with Crippen molar-refractivity contribution < 1.29 is 13.2 Å². The third-order valence-corrected chi connectivity index (χ3v) is 2.70. The molecule has 0 aliphatic heterocycles. The fourth-order valence-electron chi connectivity index (χ4n) is 1.77. The van der Waals surface area contributed by atoms with E-state index in [1.807, 2.05) is 0 Å². The molecule has 0 saturated carbocycles. The van der Waals surface area contributed by atoms with Gasteiger partial charge in [0.15, 0.2) is 0 Å². The normalized spacial score (nSPS) is 13.3. The van der Waals surface area contributed by atoms with E-state index in [0.717, 1.165) is 12.1 Å². The fourth-order valence-corrected chi connectivity index (χ4v) is 1.77. The molecule has 0 radical (unpaired) electrons. The van der Waals surface area contributed by atoms with Gasteiger partial charge in [-0.05, 0) is 30.8 Å². The lowest BCUT2D eigenvalue weighted by Gasteiger charge is -2.15. The lowest BCUT2D eigenvalue weighted by atomic mass is 10.0. The van der Waals surface area contributed by atoms with Crippen LogP contribution >= 0.6 is 0 Å². The Bertz CT molecular complexity index is 523. The highest BCUT2D eigenvalue weighted by Gasteiger charge is 2.30. The molecule has 0 amide bonds. The number of hydrogen-bond donors (Lipinski definition) is 1. The molecule has 1 atom stereocenters. The summed E-state index contributed by atoms with van der Waals surface area (Å²) in [6.07, 6.45) is -1.13. The van der Waals surface area contributed by atoms with Crippen LogP contribution in [0.1, 0.15) is 23.0 Å². The number of hydrogen-bond acceptors (Lipinski definition) is 3. The molecule has 0 aliphatic carbocycles. The highest BCUT2D eigenvalue weighted by molar-refractivity contribution is 5.29. The van der Waals surface area contributed by atoms with Gasteiger partial charge in [-0.15, -0.1) is 0 Å². The van der Waals surface area contributed by atoms with Crippen LogP contribution in [0.15, 0.2) is 42.7 Å². The van der Waals surface area contributed by atoms with Crippen molar-refractivity contribution in [1.82, 2.24) is 15.3 Å². The monoisotopic (exact) mass is 267 g/mol. The maximum atomic E-state index is 12.5. The first kappa shape index (κ1) is 13.5. The van der Waals surface area contributed by atoms with Gasteiger partial charge in [0.2, 0.25) is 0 Å². The summed E-state index contributed by atoms with van der Waals surface area (Å²) in [6, 6.07) is 6.33. The molecule has 0 aliphatic rings. The van der Waals surface area contributed by atoms with E-state index in [4.69, 9.17) is 0 Å². The van der Waals surface area contributed by atoms with E-state index >= 15 is 0 Å². The number of aromatic nitrogens is 2. The van der Waals surface area contributed by atoms with Crippen molar-refractivity contribution in [3.8, 4) is 0 Å². The van der Waals surface area contributed by atoms with Crippen molar-refractivity contribution >= 4 is 0 Å². The van der Waals surface area contributed by atoms with Crippen molar-refractivity contribution in [2.24, 2.45) is 0 Å². The summed E-state index contributed by atoms with van der Waals surface area (Å²) in [5.41, 5.74) is 0.0155. The number of halogens is 3. The molecular formula is C13H12F3N3. The van der Waals surface area contributed by atoms with Gasteiger partial charge >= 0.3 is 6.18 Å². The van der Waals surface area contributed by atoms with Crippen LogP contribution in [0, 0.1) is 0 Å². The summed E-state index contributed by atoms with van der Waals surface area (Å²) in [5.74, 6) is 0.518. The predicted octanol–water partition coefficient (Wildman–Crippen LogP) is 2.80. The van der Waals surface area contributed by atoms with Gasteiger partial charge in [-0.3, -0.25) is 0 Å². The van der Waals surface area contributed by atoms with Crippen LogP contribution in [-0.4, -0.2) is 17.0 Å². The van der Waals surface area contributed by atoms with E-state index in [-0.39, 0.29) is 6.04 Å². The molecule has 100 valence electrons. The first-order valence-corrected chi connectivity index (χ1v) is 5.63. The summed E-state index contributed by atoms with van der Waals surface area (Å²) in [5, 5.41) is 2.99. The molecule has 1 N–H and O–H groups in total. The second-order valence-electron chi connectivity index (χ2n) is 3.95. The highest BCUT2D eigenvalue weighted by Crippen LogP contribution is 2.30. The molecule has 1 aromatic heterocycles. The van der Waals surface area contributed by atoms with Crippen LogP contribution in [-0.2, 0) is 6.18 Å². The minimum atomic E-state index is -4.32. The van der Waals surface area contributed by atoms with Gasteiger partial charge < -0.3 is 5.32 Å². The first-order chi connectivity index (χ1) is 9.02. The van der Waals surface area contributed by atoms with Crippen LogP contribution < -0.4 is 5.32 Å². The zero-order chi connectivity index (χ0) is 13.9. The molecule has 6 heteroatoms. The fraction of sp³-hybridized carbons (Fsp3) is 0.231. The molecule has 19 heavy (non-hydrogen) atoms. The lowest BCUT2D eigenvalue weighted by molar-refractivity contribution is -0.137. The standard InChI is InChI=1S/C13H12F3N3/c1-17-11(12-18-7-2-8-19-12)9-3-5-10(6-4-9)13(14,15)16/h2-8,11,17H,1H3. The number of nitrogens with one attached hydrogen (secondary N) is 1. The molecule has 1 aromatic carbocycles. The number of rotatable bonds is 3. The molecule has 3 nitrogen and oxygen atoms in total. The zero-order valence-electron chi connectivity index (χ0n) is 10.1.